The van der Waals surface area contributed by atoms with Gasteiger partial charge in [-0.25, -0.2) is 0 Å². The minimum Gasteiger partial charge on any atom is -0.379 e. The van der Waals surface area contributed by atoms with Crippen molar-refractivity contribution in [1.29, 1.82) is 0 Å². The highest BCUT2D eigenvalue weighted by Crippen LogP contribution is 2.31. The van der Waals surface area contributed by atoms with Crippen molar-refractivity contribution in [3.63, 3.8) is 0 Å². The molecular weight excluding hydrogens is 436 g/mol. The second-order valence-electron chi connectivity index (χ2n) is 6.92. The maximum atomic E-state index is 12.4. The number of carbonyl (C=O) groups is 1. The molecule has 1 aliphatic rings. The third-order valence-corrected chi connectivity index (χ3v) is 6.10. The number of thioether (sulfide) groups is 1. The van der Waals surface area contributed by atoms with E-state index in [1.807, 2.05) is 41.0 Å². The first-order chi connectivity index (χ1) is 15.2. The molecule has 31 heavy (non-hydrogen) atoms. The summed E-state index contributed by atoms with van der Waals surface area (Å²) in [6.45, 7) is 4.75. The van der Waals surface area contributed by atoms with E-state index in [1.54, 1.807) is 12.4 Å². The van der Waals surface area contributed by atoms with Crippen LogP contribution in [0.3, 0.4) is 0 Å². The van der Waals surface area contributed by atoms with Gasteiger partial charge < -0.3 is 10.1 Å². The molecule has 4 rings (SSSR count). The summed E-state index contributed by atoms with van der Waals surface area (Å²) in [5.41, 5.74) is 1.63. The van der Waals surface area contributed by atoms with Gasteiger partial charge in [0.15, 0.2) is 11.0 Å². The molecule has 3 heterocycles. The maximum Gasteiger partial charge on any atom is 0.230 e. The number of nitrogens with zero attached hydrogens (tertiary/aromatic N) is 5. The SMILES string of the molecule is O=C(CSc1nnc(-c2ccncc2)n1-c1ccccc1Cl)NCCN1CCOCC1. The predicted octanol–water partition coefficient (Wildman–Crippen LogP) is 2.52. The van der Waals surface area contributed by atoms with Gasteiger partial charge in [0.25, 0.3) is 0 Å². The number of ether oxygens (including phenoxy) is 1. The van der Waals surface area contributed by atoms with Crippen molar-refractivity contribution < 1.29 is 9.53 Å². The number of para-hydroxylation sites is 1. The quantitative estimate of drug-likeness (QED) is 0.519. The fourth-order valence-corrected chi connectivity index (χ4v) is 4.26. The van der Waals surface area contributed by atoms with E-state index in [2.05, 4.69) is 25.4 Å². The average Bonchev–Trinajstić information content (AvgIpc) is 3.23. The van der Waals surface area contributed by atoms with Crippen molar-refractivity contribution in [2.45, 2.75) is 5.16 Å². The fraction of sp³-hybridized carbons (Fsp3) is 0.333. The van der Waals surface area contributed by atoms with Gasteiger partial charge in [0.05, 0.1) is 29.7 Å². The molecule has 1 saturated heterocycles. The van der Waals surface area contributed by atoms with Gasteiger partial charge in [0, 0.05) is 44.1 Å². The molecule has 1 fully saturated rings. The molecule has 0 bridgehead atoms. The van der Waals surface area contributed by atoms with Gasteiger partial charge in [0.2, 0.25) is 5.91 Å². The Morgan fingerprint density at radius 3 is 2.68 bits per heavy atom. The first-order valence-corrected chi connectivity index (χ1v) is 11.4. The predicted molar refractivity (Wildman–Crippen MR) is 121 cm³/mol. The van der Waals surface area contributed by atoms with Crippen molar-refractivity contribution in [3.05, 3.63) is 53.8 Å². The number of benzene rings is 1. The summed E-state index contributed by atoms with van der Waals surface area (Å²) in [4.78, 5) is 18.7. The van der Waals surface area contributed by atoms with Crippen LogP contribution in [0.5, 0.6) is 0 Å². The molecule has 162 valence electrons. The highest BCUT2D eigenvalue weighted by molar-refractivity contribution is 7.99. The number of carbonyl (C=O) groups excluding carboxylic acids is 1. The maximum absolute atomic E-state index is 12.4. The van der Waals surface area contributed by atoms with Crippen LogP contribution < -0.4 is 5.32 Å². The molecule has 0 unspecified atom stereocenters. The molecule has 8 nitrogen and oxygen atoms in total. The van der Waals surface area contributed by atoms with E-state index in [0.717, 1.165) is 44.1 Å². The number of pyridine rings is 1. The average molecular weight is 459 g/mol. The number of amides is 1. The van der Waals surface area contributed by atoms with Crippen molar-refractivity contribution >= 4 is 29.3 Å². The Hall–Kier alpha value is -2.46. The number of rotatable bonds is 8. The monoisotopic (exact) mass is 458 g/mol. The number of nitrogens with one attached hydrogen (secondary N) is 1. The van der Waals surface area contributed by atoms with Crippen LogP contribution in [-0.2, 0) is 9.53 Å². The van der Waals surface area contributed by atoms with Crippen LogP contribution in [-0.4, -0.2) is 75.7 Å². The molecule has 3 aromatic rings. The van der Waals surface area contributed by atoms with Crippen LogP contribution in [0, 0.1) is 0 Å². The lowest BCUT2D eigenvalue weighted by Gasteiger charge is -2.26. The van der Waals surface area contributed by atoms with Crippen molar-refractivity contribution in [1.82, 2.24) is 30.0 Å². The van der Waals surface area contributed by atoms with Crippen molar-refractivity contribution in [3.8, 4) is 17.1 Å². The second-order valence-corrected chi connectivity index (χ2v) is 8.27. The van der Waals surface area contributed by atoms with Crippen LogP contribution in [0.25, 0.3) is 17.1 Å². The summed E-state index contributed by atoms with van der Waals surface area (Å²) >= 11 is 7.79. The molecule has 10 heteroatoms. The Morgan fingerprint density at radius 1 is 1.13 bits per heavy atom. The van der Waals surface area contributed by atoms with Gasteiger partial charge in [-0.05, 0) is 24.3 Å². The van der Waals surface area contributed by atoms with E-state index in [0.29, 0.717) is 22.5 Å². The molecule has 1 aliphatic heterocycles. The molecule has 0 spiro atoms. The summed E-state index contributed by atoms with van der Waals surface area (Å²) < 4.78 is 7.22. The standard InChI is InChI=1S/C21H23ClN6O2S/c22-17-3-1-2-4-18(17)28-20(16-5-7-23-8-6-16)25-26-21(28)31-15-19(29)24-9-10-27-11-13-30-14-12-27/h1-8H,9-15H2,(H,24,29). The molecule has 2 aromatic heterocycles. The highest BCUT2D eigenvalue weighted by Gasteiger charge is 2.19. The molecule has 1 amide bonds. The number of halogens is 1. The van der Waals surface area contributed by atoms with E-state index < -0.39 is 0 Å². The smallest absolute Gasteiger partial charge is 0.230 e. The van der Waals surface area contributed by atoms with E-state index in [9.17, 15) is 4.79 Å². The summed E-state index contributed by atoms with van der Waals surface area (Å²) in [5.74, 6) is 0.838. The van der Waals surface area contributed by atoms with Gasteiger partial charge in [-0.15, -0.1) is 10.2 Å². The zero-order valence-corrected chi connectivity index (χ0v) is 18.5. The minimum atomic E-state index is -0.0440. The number of morpholine rings is 1. The fourth-order valence-electron chi connectivity index (χ4n) is 3.26. The van der Waals surface area contributed by atoms with Crippen molar-refractivity contribution in [2.24, 2.45) is 0 Å². The summed E-state index contributed by atoms with van der Waals surface area (Å²) in [7, 11) is 0. The zero-order valence-electron chi connectivity index (χ0n) is 16.9. The third-order valence-electron chi connectivity index (χ3n) is 4.85. The van der Waals surface area contributed by atoms with E-state index in [4.69, 9.17) is 16.3 Å². The normalized spacial score (nSPS) is 14.5. The van der Waals surface area contributed by atoms with Crippen molar-refractivity contribution in [2.75, 3.05) is 45.1 Å². The number of aromatic nitrogens is 4. The molecule has 0 saturated carbocycles. The Balaban J connectivity index is 1.45. The van der Waals surface area contributed by atoms with E-state index >= 15 is 0 Å². The Kier molecular flexibility index (Phi) is 7.52. The minimum absolute atomic E-state index is 0.0440. The molecule has 0 radical (unpaired) electrons. The lowest BCUT2D eigenvalue weighted by atomic mass is 10.2. The third kappa shape index (κ3) is 5.62. The highest BCUT2D eigenvalue weighted by atomic mass is 35.5. The van der Waals surface area contributed by atoms with E-state index in [1.165, 1.54) is 11.8 Å². The van der Waals surface area contributed by atoms with Gasteiger partial charge in [-0.2, -0.15) is 0 Å². The zero-order chi connectivity index (χ0) is 21.5. The van der Waals surface area contributed by atoms with Crippen LogP contribution in [0.2, 0.25) is 5.02 Å². The molecule has 0 atom stereocenters. The van der Waals surface area contributed by atoms with Gasteiger partial charge in [-0.3, -0.25) is 19.2 Å². The molecule has 1 aromatic carbocycles. The van der Waals surface area contributed by atoms with Gasteiger partial charge in [0.1, 0.15) is 0 Å². The first kappa shape index (κ1) is 21.8. The Bertz CT molecular complexity index is 1010. The van der Waals surface area contributed by atoms with Crippen LogP contribution in [0.1, 0.15) is 0 Å². The van der Waals surface area contributed by atoms with E-state index in [-0.39, 0.29) is 11.7 Å². The number of hydrogen-bond donors (Lipinski definition) is 1. The number of hydrogen-bond acceptors (Lipinski definition) is 7. The molecular formula is C21H23ClN6O2S. The second kappa shape index (κ2) is 10.7. The lowest BCUT2D eigenvalue weighted by Crippen LogP contribution is -2.41. The largest absolute Gasteiger partial charge is 0.379 e. The molecule has 1 N–H and O–H groups in total. The van der Waals surface area contributed by atoms with Crippen LogP contribution in [0.4, 0.5) is 0 Å². The van der Waals surface area contributed by atoms with Gasteiger partial charge >= 0.3 is 0 Å². The Labute approximate surface area is 190 Å². The molecule has 0 aliphatic carbocycles. The first-order valence-electron chi connectivity index (χ1n) is 10.0. The summed E-state index contributed by atoms with van der Waals surface area (Å²) in [5, 5.41) is 12.8. The summed E-state index contributed by atoms with van der Waals surface area (Å²) in [6, 6.07) is 11.2. The van der Waals surface area contributed by atoms with Crippen LogP contribution >= 0.6 is 23.4 Å². The lowest BCUT2D eigenvalue weighted by molar-refractivity contribution is -0.118. The Morgan fingerprint density at radius 2 is 1.90 bits per heavy atom. The topological polar surface area (TPSA) is 85.2 Å². The summed E-state index contributed by atoms with van der Waals surface area (Å²) in [6.07, 6.45) is 3.41. The van der Waals surface area contributed by atoms with Gasteiger partial charge in [-0.1, -0.05) is 35.5 Å². The van der Waals surface area contributed by atoms with Crippen LogP contribution in [0.15, 0.2) is 53.9 Å².